The van der Waals surface area contributed by atoms with Gasteiger partial charge >= 0.3 is 0 Å². The van der Waals surface area contributed by atoms with Crippen molar-refractivity contribution in [3.8, 4) is 0 Å². The summed E-state index contributed by atoms with van der Waals surface area (Å²) in [5.41, 5.74) is 1.32. The summed E-state index contributed by atoms with van der Waals surface area (Å²) in [5.74, 6) is 0.309. The van der Waals surface area contributed by atoms with E-state index in [9.17, 15) is 8.42 Å². The van der Waals surface area contributed by atoms with Gasteiger partial charge < -0.3 is 4.90 Å². The Labute approximate surface area is 124 Å². The van der Waals surface area contributed by atoms with Gasteiger partial charge in [0.2, 0.25) is 0 Å². The average molecular weight is 346 g/mol. The third-order valence-electron chi connectivity index (χ3n) is 3.70. The minimum absolute atomic E-state index is 0.218. The van der Waals surface area contributed by atoms with Gasteiger partial charge in [-0.2, -0.15) is 0 Å². The maximum atomic E-state index is 11.6. The minimum atomic E-state index is -2.83. The molecule has 1 aliphatic rings. The van der Waals surface area contributed by atoms with Crippen molar-refractivity contribution in [3.05, 3.63) is 34.3 Å². The second kappa shape index (κ2) is 6.37. The molecule has 19 heavy (non-hydrogen) atoms. The largest absolute Gasteiger partial charge is 0.301 e. The summed E-state index contributed by atoms with van der Waals surface area (Å²) in [5, 5.41) is -0.218. The van der Waals surface area contributed by atoms with Crippen molar-refractivity contribution < 1.29 is 8.42 Å². The van der Waals surface area contributed by atoms with Crippen molar-refractivity contribution in [2.45, 2.75) is 25.0 Å². The molecule has 0 aromatic heterocycles. The summed E-state index contributed by atoms with van der Waals surface area (Å²) in [6.07, 6.45) is 2.09. The fourth-order valence-corrected chi connectivity index (χ4v) is 4.26. The highest BCUT2D eigenvalue weighted by atomic mass is 79.9. The van der Waals surface area contributed by atoms with Gasteiger partial charge in [-0.15, -0.1) is 0 Å². The van der Waals surface area contributed by atoms with E-state index in [-0.39, 0.29) is 5.25 Å². The molecule has 0 radical (unpaired) electrons. The lowest BCUT2D eigenvalue weighted by atomic mass is 10.1. The smallest absolute Gasteiger partial charge is 0.155 e. The zero-order valence-corrected chi connectivity index (χ0v) is 13.6. The zero-order valence-electron chi connectivity index (χ0n) is 11.2. The molecule has 1 heterocycles. The van der Waals surface area contributed by atoms with Gasteiger partial charge in [0.05, 0.1) is 11.0 Å². The van der Waals surface area contributed by atoms with Crippen molar-refractivity contribution in [2.24, 2.45) is 0 Å². The molecular formula is C14H20BrNO2S. The predicted octanol–water partition coefficient (Wildman–Crippen LogP) is 2.50. The summed E-state index contributed by atoms with van der Waals surface area (Å²) in [6.45, 7) is 4.15. The molecule has 0 N–H and O–H groups in total. The quantitative estimate of drug-likeness (QED) is 0.841. The summed E-state index contributed by atoms with van der Waals surface area (Å²) in [4.78, 5) is 2.27. The molecule has 0 amide bonds. The van der Waals surface area contributed by atoms with E-state index < -0.39 is 9.84 Å². The van der Waals surface area contributed by atoms with Crippen LogP contribution < -0.4 is 0 Å². The van der Waals surface area contributed by atoms with Crippen molar-refractivity contribution in [3.63, 3.8) is 0 Å². The maximum Gasteiger partial charge on any atom is 0.155 e. The van der Waals surface area contributed by atoms with Crippen LogP contribution >= 0.6 is 15.9 Å². The van der Waals surface area contributed by atoms with E-state index in [0.717, 1.165) is 23.9 Å². The number of aryl methyl sites for hydroxylation is 1. The lowest BCUT2D eigenvalue weighted by Gasteiger charge is -2.30. The van der Waals surface area contributed by atoms with E-state index >= 15 is 0 Å². The molecule has 1 saturated heterocycles. The van der Waals surface area contributed by atoms with Crippen molar-refractivity contribution in [1.82, 2.24) is 4.90 Å². The van der Waals surface area contributed by atoms with Crippen LogP contribution in [0, 0.1) is 0 Å². The molecule has 0 spiro atoms. The van der Waals surface area contributed by atoms with E-state index in [2.05, 4.69) is 39.0 Å². The normalized spacial score (nSPS) is 23.4. The Hall–Kier alpha value is -0.390. The van der Waals surface area contributed by atoms with Crippen LogP contribution in [0.4, 0.5) is 0 Å². The number of hydrogen-bond acceptors (Lipinski definition) is 3. The van der Waals surface area contributed by atoms with Crippen LogP contribution in [0.25, 0.3) is 0 Å². The molecule has 1 aromatic carbocycles. The van der Waals surface area contributed by atoms with Crippen LogP contribution in [-0.2, 0) is 16.3 Å². The first-order valence-electron chi connectivity index (χ1n) is 6.66. The Balaban J connectivity index is 1.80. The van der Waals surface area contributed by atoms with E-state index in [1.807, 2.05) is 13.0 Å². The first kappa shape index (κ1) is 15.0. The Morgan fingerprint density at radius 3 is 2.79 bits per heavy atom. The third kappa shape index (κ3) is 4.04. The summed E-state index contributed by atoms with van der Waals surface area (Å²) in [6, 6.07) is 8.26. The van der Waals surface area contributed by atoms with Gasteiger partial charge in [0, 0.05) is 17.6 Å². The molecule has 0 bridgehead atoms. The molecule has 1 fully saturated rings. The van der Waals surface area contributed by atoms with Crippen LogP contribution in [-0.4, -0.2) is 44.0 Å². The average Bonchev–Trinajstić information content (AvgIpc) is 2.36. The third-order valence-corrected chi connectivity index (χ3v) is 6.60. The van der Waals surface area contributed by atoms with Crippen LogP contribution in [0.3, 0.4) is 0 Å². The van der Waals surface area contributed by atoms with Crippen LogP contribution in [0.1, 0.15) is 18.9 Å². The van der Waals surface area contributed by atoms with Gasteiger partial charge in [-0.25, -0.2) is 8.42 Å². The van der Waals surface area contributed by atoms with E-state index in [1.54, 1.807) is 0 Å². The Morgan fingerprint density at radius 2 is 2.11 bits per heavy atom. The topological polar surface area (TPSA) is 37.4 Å². The van der Waals surface area contributed by atoms with E-state index in [1.165, 1.54) is 5.56 Å². The highest BCUT2D eigenvalue weighted by Gasteiger charge is 2.28. The lowest BCUT2D eigenvalue weighted by Crippen LogP contribution is -2.45. The van der Waals surface area contributed by atoms with Crippen LogP contribution in [0.2, 0.25) is 0 Å². The molecule has 2 rings (SSSR count). The van der Waals surface area contributed by atoms with Crippen molar-refractivity contribution in [1.29, 1.82) is 0 Å². The fraction of sp³-hybridized carbons (Fsp3) is 0.571. The molecule has 5 heteroatoms. The van der Waals surface area contributed by atoms with Gasteiger partial charge in [-0.3, -0.25) is 0 Å². The molecule has 0 aliphatic carbocycles. The van der Waals surface area contributed by atoms with Gasteiger partial charge in [-0.05, 0) is 37.9 Å². The zero-order chi connectivity index (χ0) is 13.9. The fourth-order valence-electron chi connectivity index (χ4n) is 2.42. The maximum absolute atomic E-state index is 11.6. The SMILES string of the molecule is C[C@H]1CN(CCCc2ccccc2Br)CCS1(=O)=O. The Morgan fingerprint density at radius 1 is 1.37 bits per heavy atom. The molecule has 106 valence electrons. The first-order chi connectivity index (χ1) is 8.99. The van der Waals surface area contributed by atoms with Crippen molar-refractivity contribution >= 4 is 25.8 Å². The number of rotatable bonds is 4. The standard InChI is InChI=1S/C14H20BrNO2S/c1-12-11-16(9-10-19(12,17)18)8-4-6-13-5-2-3-7-14(13)15/h2-3,5,7,12H,4,6,8-11H2,1H3/t12-/m0/s1. The molecule has 1 atom stereocenters. The van der Waals surface area contributed by atoms with Gasteiger partial charge in [0.25, 0.3) is 0 Å². The van der Waals surface area contributed by atoms with Crippen molar-refractivity contribution in [2.75, 3.05) is 25.4 Å². The molecule has 3 nitrogen and oxygen atoms in total. The van der Waals surface area contributed by atoms with Crippen LogP contribution in [0.15, 0.2) is 28.7 Å². The highest BCUT2D eigenvalue weighted by Crippen LogP contribution is 2.18. The number of sulfone groups is 1. The molecular weight excluding hydrogens is 326 g/mol. The molecule has 0 unspecified atom stereocenters. The van der Waals surface area contributed by atoms with E-state index in [4.69, 9.17) is 0 Å². The number of benzene rings is 1. The summed E-state index contributed by atoms with van der Waals surface area (Å²) < 4.78 is 24.4. The van der Waals surface area contributed by atoms with Gasteiger partial charge in [0.1, 0.15) is 0 Å². The lowest BCUT2D eigenvalue weighted by molar-refractivity contribution is 0.274. The Kier molecular flexibility index (Phi) is 5.03. The second-order valence-electron chi connectivity index (χ2n) is 5.17. The number of nitrogens with zero attached hydrogens (tertiary/aromatic N) is 1. The minimum Gasteiger partial charge on any atom is -0.301 e. The summed E-state index contributed by atoms with van der Waals surface area (Å²) >= 11 is 3.55. The Bertz CT molecular complexity index is 530. The molecule has 1 aromatic rings. The summed E-state index contributed by atoms with van der Waals surface area (Å²) in [7, 11) is -2.83. The number of halogens is 1. The highest BCUT2D eigenvalue weighted by molar-refractivity contribution is 9.10. The monoisotopic (exact) mass is 345 g/mol. The van der Waals surface area contributed by atoms with Crippen LogP contribution in [0.5, 0.6) is 0 Å². The number of hydrogen-bond donors (Lipinski definition) is 0. The van der Waals surface area contributed by atoms with Gasteiger partial charge in [-0.1, -0.05) is 34.1 Å². The second-order valence-corrected chi connectivity index (χ2v) is 8.57. The molecule has 0 saturated carbocycles. The predicted molar refractivity (Wildman–Crippen MR) is 82.2 cm³/mol. The molecule has 1 aliphatic heterocycles. The van der Waals surface area contributed by atoms with E-state index in [0.29, 0.717) is 18.8 Å². The first-order valence-corrected chi connectivity index (χ1v) is 9.17. The van der Waals surface area contributed by atoms with Gasteiger partial charge in [0.15, 0.2) is 9.84 Å².